The van der Waals surface area contributed by atoms with E-state index in [4.69, 9.17) is 5.73 Å². The molecule has 3 atom stereocenters. The van der Waals surface area contributed by atoms with E-state index in [9.17, 15) is 14.4 Å². The fourth-order valence-electron chi connectivity index (χ4n) is 5.54. The van der Waals surface area contributed by atoms with Gasteiger partial charge in [0.15, 0.2) is 0 Å². The van der Waals surface area contributed by atoms with Crippen LogP contribution in [0.15, 0.2) is 48.5 Å². The molecule has 2 aliphatic heterocycles. The highest BCUT2D eigenvalue weighted by molar-refractivity contribution is 5.91. The predicted molar refractivity (Wildman–Crippen MR) is 143 cm³/mol. The van der Waals surface area contributed by atoms with Crippen LogP contribution in [0.4, 0.5) is 0 Å². The molecule has 0 bridgehead atoms. The molecule has 2 aromatic carbocycles. The van der Waals surface area contributed by atoms with Crippen molar-refractivity contribution < 1.29 is 14.4 Å². The highest BCUT2D eigenvalue weighted by atomic mass is 16.2. The number of likely N-dealkylation sites (tertiary alicyclic amines) is 2. The topological polar surface area (TPSA) is 126 Å². The second-order valence-electron chi connectivity index (χ2n) is 10.3. The summed E-state index contributed by atoms with van der Waals surface area (Å²) in [5.41, 5.74) is 9.97. The van der Waals surface area contributed by atoms with Gasteiger partial charge in [-0.2, -0.15) is 0 Å². The molecule has 3 amide bonds. The average molecular weight is 518 g/mol. The summed E-state index contributed by atoms with van der Waals surface area (Å²) in [5, 5.41) is 11.2. The van der Waals surface area contributed by atoms with Crippen molar-refractivity contribution in [3.8, 4) is 0 Å². The highest BCUT2D eigenvalue weighted by Gasteiger charge is 2.41. The lowest BCUT2D eigenvalue weighted by atomic mass is 9.96. The molecular weight excluding hydrogens is 482 g/mol. The number of aromatic nitrogens is 3. The first kappa shape index (κ1) is 25.8. The van der Waals surface area contributed by atoms with Gasteiger partial charge in [-0.15, -0.1) is 5.10 Å². The van der Waals surface area contributed by atoms with Crippen LogP contribution >= 0.6 is 0 Å². The molecule has 10 heteroatoms. The van der Waals surface area contributed by atoms with Gasteiger partial charge in [0, 0.05) is 45.6 Å². The summed E-state index contributed by atoms with van der Waals surface area (Å²) in [5.74, 6) is -0.413. The van der Waals surface area contributed by atoms with Gasteiger partial charge in [-0.05, 0) is 48.9 Å². The predicted octanol–water partition coefficient (Wildman–Crippen LogP) is 1.70. The lowest BCUT2D eigenvalue weighted by Gasteiger charge is -2.27. The molecule has 5 rings (SSSR count). The Hall–Kier alpha value is -3.79. The Labute approximate surface area is 222 Å². The minimum atomic E-state index is -0.828. The van der Waals surface area contributed by atoms with Gasteiger partial charge in [-0.3, -0.25) is 14.4 Å². The van der Waals surface area contributed by atoms with Crippen LogP contribution < -0.4 is 11.1 Å². The van der Waals surface area contributed by atoms with Gasteiger partial charge in [0.2, 0.25) is 17.7 Å². The zero-order chi connectivity index (χ0) is 26.6. The van der Waals surface area contributed by atoms with Crippen LogP contribution in [0, 0.1) is 0 Å². The summed E-state index contributed by atoms with van der Waals surface area (Å²) in [6.45, 7) is 2.29. The Morgan fingerprint density at radius 1 is 1.11 bits per heavy atom. The maximum atomic E-state index is 13.5. The molecule has 3 aromatic rings. The molecule has 3 N–H and O–H groups in total. The Morgan fingerprint density at radius 2 is 1.87 bits per heavy atom. The van der Waals surface area contributed by atoms with Gasteiger partial charge < -0.3 is 20.9 Å². The van der Waals surface area contributed by atoms with Crippen LogP contribution in [0.1, 0.15) is 49.1 Å². The summed E-state index contributed by atoms with van der Waals surface area (Å²) >= 11 is 0. The zero-order valence-corrected chi connectivity index (χ0v) is 21.8. The maximum absolute atomic E-state index is 13.5. The number of carbonyl (C=O) groups excluding carboxylic acids is 3. The Balaban J connectivity index is 1.26. The van der Waals surface area contributed by atoms with Crippen LogP contribution in [-0.2, 0) is 28.0 Å². The van der Waals surface area contributed by atoms with Crippen molar-refractivity contribution in [1.82, 2.24) is 30.1 Å². The van der Waals surface area contributed by atoms with Gasteiger partial charge >= 0.3 is 0 Å². The second-order valence-corrected chi connectivity index (χ2v) is 10.3. The van der Waals surface area contributed by atoms with Crippen molar-refractivity contribution in [2.45, 2.75) is 56.7 Å². The van der Waals surface area contributed by atoms with Gasteiger partial charge in [0.05, 0.1) is 11.6 Å². The fourth-order valence-corrected chi connectivity index (χ4v) is 5.54. The van der Waals surface area contributed by atoms with Gasteiger partial charge in [0.25, 0.3) is 0 Å². The highest BCUT2D eigenvalue weighted by Crippen LogP contribution is 2.32. The Kier molecular flexibility index (Phi) is 7.69. The van der Waals surface area contributed by atoms with Crippen LogP contribution in [0.2, 0.25) is 0 Å². The third-order valence-electron chi connectivity index (χ3n) is 7.74. The van der Waals surface area contributed by atoms with E-state index in [1.807, 2.05) is 60.5 Å². The number of rotatable bonds is 8. The molecule has 200 valence electrons. The smallest absolute Gasteiger partial charge is 0.243 e. The number of carbonyl (C=O) groups is 3. The first-order chi connectivity index (χ1) is 18.4. The number of aryl methyl sites for hydroxylation is 1. The molecule has 2 fully saturated rings. The van der Waals surface area contributed by atoms with Gasteiger partial charge in [-0.1, -0.05) is 41.6 Å². The van der Waals surface area contributed by atoms with Crippen LogP contribution in [0.5, 0.6) is 0 Å². The lowest BCUT2D eigenvalue weighted by molar-refractivity contribution is -0.140. The zero-order valence-electron chi connectivity index (χ0n) is 21.8. The third kappa shape index (κ3) is 5.55. The Bertz CT molecular complexity index is 1300. The minimum Gasteiger partial charge on any atom is -0.350 e. The summed E-state index contributed by atoms with van der Waals surface area (Å²) in [4.78, 5) is 42.8. The van der Waals surface area contributed by atoms with E-state index in [1.165, 1.54) is 0 Å². The number of nitrogens with two attached hydrogens (primary N) is 1. The summed E-state index contributed by atoms with van der Waals surface area (Å²) < 4.78 is 1.70. The largest absolute Gasteiger partial charge is 0.350 e. The molecule has 0 spiro atoms. The second kappa shape index (κ2) is 11.3. The first-order valence-corrected chi connectivity index (χ1v) is 13.4. The van der Waals surface area contributed by atoms with Crippen molar-refractivity contribution in [2.75, 3.05) is 19.6 Å². The van der Waals surface area contributed by atoms with E-state index in [-0.39, 0.29) is 36.5 Å². The summed E-state index contributed by atoms with van der Waals surface area (Å²) in [6, 6.07) is 14.2. The standard InChI is InChI=1S/C28H35N7O3/c1-33-24-11-9-19(15-23(24)31-32-33)17-30-27(37)25-16-21(20-7-3-2-4-8-20)18-35(25)28(38)22(29)10-12-26(36)34-13-5-6-14-34/h2-4,7-9,11,15,21-22,25H,5-6,10,12-14,16-18,29H2,1H3,(H,30,37)/t21-,22-,25+/m1/s1. The summed E-state index contributed by atoms with van der Waals surface area (Å²) in [6.07, 6.45) is 3.07. The first-order valence-electron chi connectivity index (χ1n) is 13.4. The van der Waals surface area contributed by atoms with Gasteiger partial charge in [-0.25, -0.2) is 4.68 Å². The number of benzene rings is 2. The molecule has 10 nitrogen and oxygen atoms in total. The van der Waals surface area contributed by atoms with Crippen molar-refractivity contribution in [1.29, 1.82) is 0 Å². The fraction of sp³-hybridized carbons (Fsp3) is 0.464. The SMILES string of the molecule is Cn1nnc2cc(CNC(=O)[C@@H]3C[C@@H](c4ccccc4)CN3C(=O)[C@H](N)CCC(=O)N3CCCC3)ccc21. The minimum absolute atomic E-state index is 0.0327. The van der Waals surface area contributed by atoms with E-state index >= 15 is 0 Å². The molecule has 0 aliphatic carbocycles. The van der Waals surface area contributed by atoms with E-state index in [0.29, 0.717) is 19.5 Å². The van der Waals surface area contributed by atoms with Crippen molar-refractivity contribution in [3.63, 3.8) is 0 Å². The van der Waals surface area contributed by atoms with Gasteiger partial charge in [0.1, 0.15) is 11.6 Å². The molecule has 2 aliphatic rings. The van der Waals surface area contributed by atoms with E-state index in [0.717, 1.165) is 48.1 Å². The normalized spacial score (nSPS) is 20.2. The molecule has 0 radical (unpaired) electrons. The maximum Gasteiger partial charge on any atom is 0.243 e. The molecule has 0 saturated carbocycles. The number of amides is 3. The number of hydrogen-bond donors (Lipinski definition) is 2. The lowest BCUT2D eigenvalue weighted by Crippen LogP contribution is -2.51. The van der Waals surface area contributed by atoms with E-state index in [1.54, 1.807) is 9.58 Å². The van der Waals surface area contributed by atoms with Crippen molar-refractivity contribution in [2.24, 2.45) is 12.8 Å². The monoisotopic (exact) mass is 517 g/mol. The number of nitrogens with zero attached hydrogens (tertiary/aromatic N) is 5. The third-order valence-corrected chi connectivity index (χ3v) is 7.74. The quantitative estimate of drug-likeness (QED) is 0.468. The van der Waals surface area contributed by atoms with E-state index < -0.39 is 12.1 Å². The molecule has 38 heavy (non-hydrogen) atoms. The van der Waals surface area contributed by atoms with Crippen LogP contribution in [0.3, 0.4) is 0 Å². The van der Waals surface area contributed by atoms with Crippen molar-refractivity contribution in [3.05, 3.63) is 59.7 Å². The number of hydrogen-bond acceptors (Lipinski definition) is 6. The average Bonchev–Trinajstić information content (AvgIpc) is 3.71. The van der Waals surface area contributed by atoms with Crippen LogP contribution in [-0.4, -0.2) is 74.2 Å². The van der Waals surface area contributed by atoms with Crippen molar-refractivity contribution >= 4 is 28.8 Å². The Morgan fingerprint density at radius 3 is 2.63 bits per heavy atom. The van der Waals surface area contributed by atoms with Crippen LogP contribution in [0.25, 0.3) is 11.0 Å². The number of nitrogens with one attached hydrogen (secondary N) is 1. The molecular formula is C28H35N7O3. The summed E-state index contributed by atoms with van der Waals surface area (Å²) in [7, 11) is 1.83. The molecule has 2 saturated heterocycles. The molecule has 0 unspecified atom stereocenters. The molecule has 3 heterocycles. The van der Waals surface area contributed by atoms with E-state index in [2.05, 4.69) is 15.6 Å². The number of fused-ring (bicyclic) bond motifs is 1. The molecule has 1 aromatic heterocycles.